The molecule has 1 nitrogen and oxygen atoms in total. The van der Waals surface area contributed by atoms with Gasteiger partial charge in [0.05, 0.1) is 0 Å². The molecule has 1 saturated carbocycles. The Hall–Kier alpha value is -5.66. The first-order chi connectivity index (χ1) is 37.8. The largest absolute Gasteiger partial charge is 0.310 e. The number of rotatable bonds is 24. The smallest absolute Gasteiger partial charge is 0.0465 e. The molecule has 7 aromatic carbocycles. The summed E-state index contributed by atoms with van der Waals surface area (Å²) in [5.41, 5.74) is 27.7. The number of fused-ring (bicyclic) bond motifs is 11. The van der Waals surface area contributed by atoms with Crippen molar-refractivity contribution in [3.63, 3.8) is 0 Å². The van der Waals surface area contributed by atoms with Crippen LogP contribution in [-0.4, -0.2) is 0 Å². The minimum atomic E-state index is -0.0703. The summed E-state index contributed by atoms with van der Waals surface area (Å²) >= 11 is 0. The summed E-state index contributed by atoms with van der Waals surface area (Å²) in [6, 6.07) is 56.8. The van der Waals surface area contributed by atoms with Crippen molar-refractivity contribution in [2.75, 3.05) is 4.90 Å². The van der Waals surface area contributed by atoms with Gasteiger partial charge in [0.1, 0.15) is 0 Å². The second-order valence-corrected chi connectivity index (χ2v) is 24.8. The maximum atomic E-state index is 2.70. The minimum Gasteiger partial charge on any atom is -0.310 e. The Labute approximate surface area is 466 Å². The summed E-state index contributed by atoms with van der Waals surface area (Å²) in [5.74, 6) is 0. The molecule has 0 radical (unpaired) electrons. The van der Waals surface area contributed by atoms with Crippen molar-refractivity contribution in [1.29, 1.82) is 0 Å². The van der Waals surface area contributed by atoms with Gasteiger partial charge in [-0.25, -0.2) is 0 Å². The lowest BCUT2D eigenvalue weighted by atomic mass is 9.67. The fourth-order valence-corrected chi connectivity index (χ4v) is 15.8. The van der Waals surface area contributed by atoms with Crippen molar-refractivity contribution < 1.29 is 0 Å². The van der Waals surface area contributed by atoms with Crippen LogP contribution in [0, 0.1) is 13.8 Å². The van der Waals surface area contributed by atoms with Crippen LogP contribution < -0.4 is 4.90 Å². The molecule has 1 fully saturated rings. The molecule has 400 valence electrons. The first kappa shape index (κ1) is 53.3. The van der Waals surface area contributed by atoms with Crippen molar-refractivity contribution in [2.45, 2.75) is 218 Å². The highest BCUT2D eigenvalue weighted by atomic mass is 15.1. The molecule has 0 heterocycles. The van der Waals surface area contributed by atoms with Gasteiger partial charge in [-0.05, 0) is 179 Å². The number of nitrogens with zero attached hydrogens (tertiary/aromatic N) is 1. The first-order valence-corrected chi connectivity index (χ1v) is 31.5. The maximum absolute atomic E-state index is 2.70. The lowest BCUT2D eigenvalue weighted by Crippen LogP contribution is -2.28. The Morgan fingerprint density at radius 3 is 1.14 bits per heavy atom. The highest BCUT2D eigenvalue weighted by Crippen LogP contribution is 2.60. The van der Waals surface area contributed by atoms with E-state index < -0.39 is 0 Å². The molecule has 11 rings (SSSR count). The van der Waals surface area contributed by atoms with E-state index in [1.165, 1.54) is 233 Å². The Balaban J connectivity index is 1.05. The van der Waals surface area contributed by atoms with Crippen molar-refractivity contribution in [3.05, 3.63) is 184 Å². The van der Waals surface area contributed by atoms with E-state index in [1.54, 1.807) is 33.4 Å². The standard InChI is InChI=1S/C76H91N/c1-7-11-15-23-43-75(44-24-16-12-8-2)69-50-56(6)32-38-63(69)66-41-35-60(53-72(66)75)77(59-29-21-19-22-30-59)61-36-42-67-65-40-34-58(52-71(65)76(73(67)54-61,45-25-17-13-9-3)46-26-18-14-10-4)57-33-39-64-62-37-31-55(5)49-68(62)74(70(64)51-57)47-27-20-28-48-74/h19,21-22,29-42,49-54H,7-18,20,23-28,43-48H2,1-6H3. The molecule has 0 aliphatic heterocycles. The van der Waals surface area contributed by atoms with Gasteiger partial charge in [0.2, 0.25) is 0 Å². The van der Waals surface area contributed by atoms with E-state index in [2.05, 4.69) is 186 Å². The summed E-state index contributed by atoms with van der Waals surface area (Å²) in [4.78, 5) is 2.63. The molecule has 4 aliphatic carbocycles. The molecule has 0 N–H and O–H groups in total. The molecular formula is C76H91N. The third kappa shape index (κ3) is 9.88. The molecule has 0 unspecified atom stereocenters. The number of unbranched alkanes of at least 4 members (excludes halogenated alkanes) is 12. The SMILES string of the molecule is CCCCCCC1(CCCCCC)c2cc(C)ccc2-c2ccc(N(c3ccccc3)c3ccc4c(c3)C(CCCCCC)(CCCCCC)c3cc(-c5ccc6c(c5)C5(CCCCC5)c5cc(C)ccc5-6)ccc3-4)cc21. The van der Waals surface area contributed by atoms with Crippen LogP contribution in [0.2, 0.25) is 0 Å². The Bertz CT molecular complexity index is 3140. The van der Waals surface area contributed by atoms with Gasteiger partial charge in [-0.2, -0.15) is 0 Å². The highest BCUT2D eigenvalue weighted by molar-refractivity contribution is 5.91. The number of anilines is 3. The van der Waals surface area contributed by atoms with Crippen LogP contribution in [0.4, 0.5) is 17.1 Å². The number of hydrogen-bond acceptors (Lipinski definition) is 1. The lowest BCUT2D eigenvalue weighted by Gasteiger charge is -2.36. The fourth-order valence-electron chi connectivity index (χ4n) is 15.8. The molecular weight excluding hydrogens is 927 g/mol. The van der Waals surface area contributed by atoms with Crippen molar-refractivity contribution in [2.24, 2.45) is 0 Å². The second kappa shape index (κ2) is 23.4. The molecule has 0 atom stereocenters. The van der Waals surface area contributed by atoms with E-state index in [1.807, 2.05) is 0 Å². The number of aryl methyl sites for hydroxylation is 2. The average Bonchev–Trinajstić information content (AvgIpc) is 4.21. The van der Waals surface area contributed by atoms with Gasteiger partial charge >= 0.3 is 0 Å². The highest BCUT2D eigenvalue weighted by Gasteiger charge is 2.46. The fraction of sp³-hybridized carbons (Fsp3) is 0.447. The monoisotopic (exact) mass is 1020 g/mol. The quantitative estimate of drug-likeness (QED) is 0.0545. The summed E-state index contributed by atoms with van der Waals surface area (Å²) in [5, 5.41) is 0. The van der Waals surface area contributed by atoms with Crippen molar-refractivity contribution in [1.82, 2.24) is 0 Å². The zero-order chi connectivity index (χ0) is 53.0. The molecule has 0 aromatic heterocycles. The predicted octanol–water partition coefficient (Wildman–Crippen LogP) is 23.1. The second-order valence-electron chi connectivity index (χ2n) is 24.8. The molecule has 0 saturated heterocycles. The van der Waals surface area contributed by atoms with Gasteiger partial charge in [0.25, 0.3) is 0 Å². The Morgan fingerprint density at radius 1 is 0.325 bits per heavy atom. The lowest BCUT2D eigenvalue weighted by molar-refractivity contribution is 0.353. The topological polar surface area (TPSA) is 3.24 Å². The van der Waals surface area contributed by atoms with Crippen LogP contribution >= 0.6 is 0 Å². The number of benzene rings is 7. The molecule has 0 bridgehead atoms. The molecule has 4 aliphatic rings. The van der Waals surface area contributed by atoms with Crippen molar-refractivity contribution >= 4 is 17.1 Å². The summed E-state index contributed by atoms with van der Waals surface area (Å²) in [6.07, 6.45) is 31.8. The van der Waals surface area contributed by atoms with E-state index in [9.17, 15) is 0 Å². The van der Waals surface area contributed by atoms with Gasteiger partial charge in [-0.15, -0.1) is 0 Å². The van der Waals surface area contributed by atoms with Crippen LogP contribution in [-0.2, 0) is 16.2 Å². The minimum absolute atomic E-state index is 0.0127. The zero-order valence-electron chi connectivity index (χ0n) is 48.4. The van der Waals surface area contributed by atoms with Crippen LogP contribution in [0.3, 0.4) is 0 Å². The maximum Gasteiger partial charge on any atom is 0.0465 e. The third-order valence-electron chi connectivity index (χ3n) is 19.8. The van der Waals surface area contributed by atoms with Crippen LogP contribution in [0.5, 0.6) is 0 Å². The van der Waals surface area contributed by atoms with E-state index in [-0.39, 0.29) is 16.2 Å². The average molecular weight is 1020 g/mol. The summed E-state index contributed by atoms with van der Waals surface area (Å²) in [6.45, 7) is 14.0. The zero-order valence-corrected chi connectivity index (χ0v) is 48.4. The van der Waals surface area contributed by atoms with E-state index >= 15 is 0 Å². The van der Waals surface area contributed by atoms with E-state index in [0.29, 0.717) is 0 Å². The molecule has 1 heteroatoms. The van der Waals surface area contributed by atoms with Crippen LogP contribution in [0.1, 0.15) is 233 Å². The van der Waals surface area contributed by atoms with E-state index in [0.717, 1.165) is 0 Å². The Morgan fingerprint density at radius 2 is 0.688 bits per heavy atom. The van der Waals surface area contributed by atoms with Crippen LogP contribution in [0.15, 0.2) is 140 Å². The first-order valence-electron chi connectivity index (χ1n) is 31.5. The van der Waals surface area contributed by atoms with Crippen molar-refractivity contribution in [3.8, 4) is 44.5 Å². The summed E-state index contributed by atoms with van der Waals surface area (Å²) < 4.78 is 0. The third-order valence-corrected chi connectivity index (χ3v) is 19.8. The summed E-state index contributed by atoms with van der Waals surface area (Å²) in [7, 11) is 0. The number of para-hydroxylation sites is 1. The number of hydrogen-bond donors (Lipinski definition) is 0. The van der Waals surface area contributed by atoms with Gasteiger partial charge in [0.15, 0.2) is 0 Å². The van der Waals surface area contributed by atoms with Gasteiger partial charge in [-0.1, -0.05) is 252 Å². The molecule has 77 heavy (non-hydrogen) atoms. The molecule has 1 spiro atoms. The predicted molar refractivity (Wildman–Crippen MR) is 333 cm³/mol. The molecule has 0 amide bonds. The Kier molecular flexibility index (Phi) is 16.2. The molecule has 7 aromatic rings. The van der Waals surface area contributed by atoms with Gasteiger partial charge in [-0.3, -0.25) is 0 Å². The van der Waals surface area contributed by atoms with Crippen LogP contribution in [0.25, 0.3) is 44.5 Å². The van der Waals surface area contributed by atoms with Gasteiger partial charge < -0.3 is 4.90 Å². The van der Waals surface area contributed by atoms with Gasteiger partial charge in [0, 0.05) is 33.3 Å². The normalized spacial score (nSPS) is 15.7. The van der Waals surface area contributed by atoms with E-state index in [4.69, 9.17) is 0 Å².